The molecule has 1 unspecified atom stereocenters. The van der Waals surface area contributed by atoms with Crippen LogP contribution in [0.2, 0.25) is 0 Å². The molecule has 0 aromatic heterocycles. The number of nitrogens with zero attached hydrogens (tertiary/aromatic N) is 2. The minimum atomic E-state index is -0.871. The summed E-state index contributed by atoms with van der Waals surface area (Å²) in [7, 11) is 3.47. The largest absolute Gasteiger partial charge is 0.480 e. The van der Waals surface area contributed by atoms with Crippen LogP contribution >= 0.6 is 0 Å². The van der Waals surface area contributed by atoms with Gasteiger partial charge in [-0.25, -0.2) is 4.79 Å². The number of morpholine rings is 1. The summed E-state index contributed by atoms with van der Waals surface area (Å²) in [6.07, 6.45) is 4.01. The summed E-state index contributed by atoms with van der Waals surface area (Å²) in [5, 5.41) is 11.9. The summed E-state index contributed by atoms with van der Waals surface area (Å²) in [5.41, 5.74) is -0.254. The predicted octanol–water partition coefficient (Wildman–Crippen LogP) is 1.01. The van der Waals surface area contributed by atoms with Gasteiger partial charge in [-0.3, -0.25) is 9.69 Å². The Hall–Kier alpha value is -1.38. The van der Waals surface area contributed by atoms with Gasteiger partial charge in [-0.1, -0.05) is 6.92 Å². The molecule has 2 rings (SSSR count). The molecular formula is C18H33N3O5. The molecule has 0 aromatic rings. The number of carbonyl (C=O) groups excluding carboxylic acids is 1. The number of hydrogen-bond donors (Lipinski definition) is 2. The van der Waals surface area contributed by atoms with Crippen molar-refractivity contribution in [2.75, 3.05) is 53.5 Å². The molecule has 2 amide bonds. The van der Waals surface area contributed by atoms with E-state index < -0.39 is 5.97 Å². The number of hydrogen-bond acceptors (Lipinski definition) is 5. The zero-order valence-corrected chi connectivity index (χ0v) is 16.2. The lowest BCUT2D eigenvalue weighted by atomic mass is 9.79. The molecule has 0 bridgehead atoms. The molecule has 2 N–H and O–H groups in total. The normalized spacial score (nSPS) is 29.6. The van der Waals surface area contributed by atoms with E-state index >= 15 is 0 Å². The summed E-state index contributed by atoms with van der Waals surface area (Å²) < 4.78 is 11.4. The van der Waals surface area contributed by atoms with Crippen molar-refractivity contribution in [3.63, 3.8) is 0 Å². The first kappa shape index (κ1) is 20.9. The third-order valence-corrected chi connectivity index (χ3v) is 5.53. The Labute approximate surface area is 155 Å². The molecule has 1 saturated heterocycles. The van der Waals surface area contributed by atoms with Crippen molar-refractivity contribution in [2.45, 2.75) is 44.3 Å². The van der Waals surface area contributed by atoms with E-state index in [1.54, 1.807) is 24.0 Å². The van der Waals surface area contributed by atoms with E-state index in [2.05, 4.69) is 12.2 Å². The van der Waals surface area contributed by atoms with Crippen LogP contribution in [0.15, 0.2) is 0 Å². The van der Waals surface area contributed by atoms with Crippen LogP contribution < -0.4 is 5.32 Å². The number of amides is 2. The first-order chi connectivity index (χ1) is 12.3. The van der Waals surface area contributed by atoms with Crippen molar-refractivity contribution in [2.24, 2.45) is 5.92 Å². The van der Waals surface area contributed by atoms with E-state index in [0.29, 0.717) is 32.8 Å². The van der Waals surface area contributed by atoms with Crippen LogP contribution in [0.1, 0.15) is 32.6 Å². The Morgan fingerprint density at radius 1 is 1.38 bits per heavy atom. The lowest BCUT2D eigenvalue weighted by Gasteiger charge is -2.39. The number of carboxylic acid groups (broad SMARTS) is 1. The SMILES string of the molecule is COC1(CNC(=O)N2CCOC(CN(C)CC(=O)O)C2)CCC(C)CC1. The Morgan fingerprint density at radius 2 is 2.08 bits per heavy atom. The second kappa shape index (κ2) is 9.53. The van der Waals surface area contributed by atoms with Gasteiger partial charge < -0.3 is 24.8 Å². The fourth-order valence-corrected chi connectivity index (χ4v) is 3.75. The highest BCUT2D eigenvalue weighted by molar-refractivity contribution is 5.74. The van der Waals surface area contributed by atoms with Crippen LogP contribution in [-0.2, 0) is 14.3 Å². The lowest BCUT2D eigenvalue weighted by Crippen LogP contribution is -2.55. The number of nitrogens with one attached hydrogen (secondary N) is 1. The summed E-state index contributed by atoms with van der Waals surface area (Å²) >= 11 is 0. The minimum absolute atomic E-state index is 0.0408. The third kappa shape index (κ3) is 6.10. The highest BCUT2D eigenvalue weighted by Gasteiger charge is 2.35. The monoisotopic (exact) mass is 371 g/mol. The summed E-state index contributed by atoms with van der Waals surface area (Å²) in [4.78, 5) is 26.8. The quantitative estimate of drug-likeness (QED) is 0.694. The standard InChI is InChI=1S/C18H33N3O5/c1-14-4-6-18(25-3,7-5-14)13-19-17(24)21-8-9-26-15(11-21)10-20(2)12-16(22)23/h14-15H,4-13H2,1-3H3,(H,19,24)(H,22,23). The first-order valence-electron chi connectivity index (χ1n) is 9.43. The number of likely N-dealkylation sites (N-methyl/N-ethyl adjacent to an activating group) is 1. The maximum Gasteiger partial charge on any atom is 0.317 e. The Balaban J connectivity index is 1.80. The summed E-state index contributed by atoms with van der Waals surface area (Å²) in [5.74, 6) is -0.152. The smallest absolute Gasteiger partial charge is 0.317 e. The van der Waals surface area contributed by atoms with E-state index in [-0.39, 0.29) is 24.3 Å². The lowest BCUT2D eigenvalue weighted by molar-refractivity contribution is -0.138. The molecule has 2 aliphatic rings. The molecule has 1 saturated carbocycles. The van der Waals surface area contributed by atoms with Crippen LogP contribution in [-0.4, -0.2) is 92.1 Å². The molecule has 2 fully saturated rings. The van der Waals surface area contributed by atoms with Gasteiger partial charge in [0.2, 0.25) is 0 Å². The second-order valence-electron chi connectivity index (χ2n) is 7.76. The Kier molecular flexibility index (Phi) is 7.67. The Morgan fingerprint density at radius 3 is 2.69 bits per heavy atom. The van der Waals surface area contributed by atoms with Gasteiger partial charge in [-0.15, -0.1) is 0 Å². The summed E-state index contributed by atoms with van der Waals surface area (Å²) in [6.45, 7) is 4.70. The number of rotatable bonds is 7. The molecular weight excluding hydrogens is 338 g/mol. The van der Waals surface area contributed by atoms with E-state index in [1.165, 1.54) is 0 Å². The molecule has 0 radical (unpaired) electrons. The van der Waals surface area contributed by atoms with Crippen LogP contribution in [0.3, 0.4) is 0 Å². The topological polar surface area (TPSA) is 91.3 Å². The zero-order valence-electron chi connectivity index (χ0n) is 16.2. The van der Waals surface area contributed by atoms with Crippen molar-refractivity contribution in [3.05, 3.63) is 0 Å². The average Bonchev–Trinajstić information content (AvgIpc) is 2.61. The molecule has 26 heavy (non-hydrogen) atoms. The highest BCUT2D eigenvalue weighted by atomic mass is 16.5. The number of urea groups is 1. The predicted molar refractivity (Wildman–Crippen MR) is 97.2 cm³/mol. The maximum absolute atomic E-state index is 12.6. The van der Waals surface area contributed by atoms with Crippen LogP contribution in [0.25, 0.3) is 0 Å². The van der Waals surface area contributed by atoms with Gasteiger partial charge in [0, 0.05) is 33.3 Å². The highest BCUT2D eigenvalue weighted by Crippen LogP contribution is 2.33. The van der Waals surface area contributed by atoms with Gasteiger partial charge in [0.05, 0.1) is 24.9 Å². The second-order valence-corrected chi connectivity index (χ2v) is 7.76. The molecule has 8 heteroatoms. The fourth-order valence-electron chi connectivity index (χ4n) is 3.75. The van der Waals surface area contributed by atoms with Gasteiger partial charge in [0.25, 0.3) is 0 Å². The van der Waals surface area contributed by atoms with Gasteiger partial charge >= 0.3 is 12.0 Å². The number of methoxy groups -OCH3 is 1. The van der Waals surface area contributed by atoms with E-state index in [0.717, 1.165) is 31.6 Å². The number of aliphatic carboxylic acids is 1. The zero-order chi connectivity index (χ0) is 19.2. The number of ether oxygens (including phenoxy) is 2. The van der Waals surface area contributed by atoms with Crippen LogP contribution in [0.4, 0.5) is 4.79 Å². The van der Waals surface area contributed by atoms with E-state index in [4.69, 9.17) is 14.6 Å². The summed E-state index contributed by atoms with van der Waals surface area (Å²) in [6, 6.07) is -0.103. The number of carboxylic acids is 1. The molecule has 0 spiro atoms. The molecule has 1 heterocycles. The molecule has 1 aliphatic carbocycles. The van der Waals surface area contributed by atoms with Gasteiger partial charge in [0.1, 0.15) is 0 Å². The number of carbonyl (C=O) groups is 2. The van der Waals surface area contributed by atoms with Crippen LogP contribution in [0, 0.1) is 5.92 Å². The van der Waals surface area contributed by atoms with Gasteiger partial charge in [0.15, 0.2) is 0 Å². The van der Waals surface area contributed by atoms with Crippen molar-refractivity contribution in [1.82, 2.24) is 15.1 Å². The average molecular weight is 371 g/mol. The molecule has 1 atom stereocenters. The van der Waals surface area contributed by atoms with Gasteiger partial charge in [-0.05, 0) is 38.6 Å². The Bertz CT molecular complexity index is 479. The fraction of sp³-hybridized carbons (Fsp3) is 0.889. The molecule has 1 aliphatic heterocycles. The van der Waals surface area contributed by atoms with E-state index in [1.807, 2.05) is 0 Å². The van der Waals surface area contributed by atoms with Crippen molar-refractivity contribution in [3.8, 4) is 0 Å². The van der Waals surface area contributed by atoms with Crippen molar-refractivity contribution < 1.29 is 24.2 Å². The van der Waals surface area contributed by atoms with Crippen molar-refractivity contribution in [1.29, 1.82) is 0 Å². The molecule has 0 aromatic carbocycles. The van der Waals surface area contributed by atoms with Gasteiger partial charge in [-0.2, -0.15) is 0 Å². The minimum Gasteiger partial charge on any atom is -0.480 e. The maximum atomic E-state index is 12.6. The van der Waals surface area contributed by atoms with Crippen molar-refractivity contribution >= 4 is 12.0 Å². The first-order valence-corrected chi connectivity index (χ1v) is 9.43. The molecule has 150 valence electrons. The van der Waals surface area contributed by atoms with E-state index in [9.17, 15) is 9.59 Å². The van der Waals surface area contributed by atoms with Crippen LogP contribution in [0.5, 0.6) is 0 Å². The third-order valence-electron chi connectivity index (χ3n) is 5.53. The molecule has 8 nitrogen and oxygen atoms in total.